The van der Waals surface area contributed by atoms with Crippen LogP contribution in [0.15, 0.2) is 82.7 Å². The highest BCUT2D eigenvalue weighted by atomic mass is 32.1. The Morgan fingerprint density at radius 1 is 1.04 bits per heavy atom. The second-order valence-electron chi connectivity index (χ2n) is 5.80. The molecule has 0 aliphatic heterocycles. The van der Waals surface area contributed by atoms with E-state index in [0.29, 0.717) is 22.7 Å². The number of hydrogen-bond donors (Lipinski definition) is 1. The number of ether oxygens (including phenoxy) is 1. The highest BCUT2D eigenvalue weighted by molar-refractivity contribution is 7.13. The van der Waals surface area contributed by atoms with Gasteiger partial charge in [-0.15, -0.1) is 11.3 Å². The van der Waals surface area contributed by atoms with E-state index in [1.165, 1.54) is 0 Å². The number of benzene rings is 2. The molecule has 0 atom stereocenters. The Labute approximate surface area is 160 Å². The van der Waals surface area contributed by atoms with E-state index in [1.807, 2.05) is 60.0 Å². The summed E-state index contributed by atoms with van der Waals surface area (Å²) in [4.78, 5) is 13.3. The van der Waals surface area contributed by atoms with Gasteiger partial charge in [0.2, 0.25) is 0 Å². The van der Waals surface area contributed by atoms with Gasteiger partial charge in [0.15, 0.2) is 5.76 Å². The minimum Gasteiger partial charge on any atom is -0.487 e. The predicted molar refractivity (Wildman–Crippen MR) is 105 cm³/mol. The lowest BCUT2D eigenvalue weighted by Gasteiger charge is -2.08. The maximum Gasteiger partial charge on any atom is 0.255 e. The van der Waals surface area contributed by atoms with Gasteiger partial charge in [0.1, 0.15) is 18.1 Å². The lowest BCUT2D eigenvalue weighted by Crippen LogP contribution is -2.11. The molecule has 1 amide bonds. The Morgan fingerprint density at radius 3 is 2.74 bits per heavy atom. The van der Waals surface area contributed by atoms with Crippen LogP contribution < -0.4 is 10.1 Å². The molecule has 0 spiro atoms. The van der Waals surface area contributed by atoms with Crippen molar-refractivity contribution in [3.63, 3.8) is 0 Å². The maximum atomic E-state index is 12.2. The number of nitrogens with one attached hydrogen (secondary N) is 1. The van der Waals surface area contributed by atoms with Crippen molar-refractivity contribution in [1.29, 1.82) is 0 Å². The zero-order valence-electron chi connectivity index (χ0n) is 14.3. The molecule has 0 saturated carbocycles. The first kappa shape index (κ1) is 17.1. The van der Waals surface area contributed by atoms with Crippen LogP contribution in [0.3, 0.4) is 0 Å². The quantitative estimate of drug-likeness (QED) is 0.500. The number of amides is 1. The second kappa shape index (κ2) is 7.88. The van der Waals surface area contributed by atoms with Gasteiger partial charge in [0.05, 0.1) is 4.88 Å². The van der Waals surface area contributed by atoms with E-state index >= 15 is 0 Å². The second-order valence-corrected chi connectivity index (χ2v) is 6.74. The molecule has 0 aliphatic carbocycles. The largest absolute Gasteiger partial charge is 0.487 e. The van der Waals surface area contributed by atoms with Crippen LogP contribution in [0.25, 0.3) is 10.6 Å². The van der Waals surface area contributed by atoms with Crippen LogP contribution in [0, 0.1) is 0 Å². The van der Waals surface area contributed by atoms with Crippen LogP contribution in [-0.4, -0.2) is 11.1 Å². The Morgan fingerprint density at radius 2 is 1.93 bits per heavy atom. The highest BCUT2D eigenvalue weighted by Crippen LogP contribution is 2.26. The van der Waals surface area contributed by atoms with Crippen molar-refractivity contribution in [2.45, 2.75) is 6.61 Å². The molecule has 134 valence electrons. The summed E-state index contributed by atoms with van der Waals surface area (Å²) in [5, 5.41) is 8.89. The molecule has 6 heteroatoms. The number of nitrogens with zero attached hydrogens (tertiary/aromatic N) is 1. The van der Waals surface area contributed by atoms with Gasteiger partial charge >= 0.3 is 0 Å². The summed E-state index contributed by atoms with van der Waals surface area (Å²) in [7, 11) is 0. The molecule has 0 radical (unpaired) electrons. The third kappa shape index (κ3) is 4.24. The maximum absolute atomic E-state index is 12.2. The van der Waals surface area contributed by atoms with Gasteiger partial charge in [-0.05, 0) is 35.7 Å². The Bertz CT molecular complexity index is 1030. The molecule has 5 nitrogen and oxygen atoms in total. The molecule has 0 aliphatic rings. The van der Waals surface area contributed by atoms with E-state index in [9.17, 15) is 4.79 Å². The van der Waals surface area contributed by atoms with Crippen molar-refractivity contribution >= 4 is 22.9 Å². The molecule has 0 unspecified atom stereocenters. The van der Waals surface area contributed by atoms with Crippen LogP contribution in [0.1, 0.15) is 16.1 Å². The molecule has 1 N–H and O–H groups in total. The van der Waals surface area contributed by atoms with Crippen molar-refractivity contribution < 1.29 is 14.1 Å². The minimum atomic E-state index is -0.162. The van der Waals surface area contributed by atoms with Crippen molar-refractivity contribution in [3.05, 3.63) is 89.4 Å². The average Bonchev–Trinajstić information content (AvgIpc) is 3.39. The van der Waals surface area contributed by atoms with Crippen molar-refractivity contribution in [2.75, 3.05) is 5.32 Å². The number of carbonyl (C=O) groups is 1. The Balaban J connectivity index is 1.39. The topological polar surface area (TPSA) is 64.4 Å². The average molecular weight is 376 g/mol. The summed E-state index contributed by atoms with van der Waals surface area (Å²) in [5.41, 5.74) is 1.98. The third-order valence-corrected chi connectivity index (χ3v) is 4.72. The molecule has 4 aromatic rings. The first-order valence-corrected chi connectivity index (χ1v) is 9.25. The minimum absolute atomic E-state index is 0.162. The number of thiophene rings is 1. The number of carbonyl (C=O) groups excluding carboxylic acids is 1. The summed E-state index contributed by atoms with van der Waals surface area (Å²) in [5.74, 6) is 1.21. The summed E-state index contributed by atoms with van der Waals surface area (Å²) < 4.78 is 11.1. The molecule has 4 rings (SSSR count). The summed E-state index contributed by atoms with van der Waals surface area (Å²) in [6.45, 7) is 0.283. The SMILES string of the molecule is O=C(Nc1cccc(OCc2cc(-c3cccs3)on2)c1)c1ccccc1. The highest BCUT2D eigenvalue weighted by Gasteiger charge is 2.09. The number of hydrogen-bond acceptors (Lipinski definition) is 5. The van der Waals surface area contributed by atoms with Gasteiger partial charge < -0.3 is 14.6 Å². The zero-order valence-corrected chi connectivity index (χ0v) is 15.1. The zero-order chi connectivity index (χ0) is 18.5. The van der Waals surface area contributed by atoms with E-state index < -0.39 is 0 Å². The fourth-order valence-electron chi connectivity index (χ4n) is 2.53. The van der Waals surface area contributed by atoms with Crippen molar-refractivity contribution in [1.82, 2.24) is 5.16 Å². The molecular formula is C21H16N2O3S. The van der Waals surface area contributed by atoms with E-state index in [4.69, 9.17) is 9.26 Å². The number of anilines is 1. The van der Waals surface area contributed by atoms with Crippen molar-refractivity contribution in [2.24, 2.45) is 0 Å². The van der Waals surface area contributed by atoms with E-state index in [0.717, 1.165) is 10.6 Å². The van der Waals surface area contributed by atoms with Crippen LogP contribution in [0.2, 0.25) is 0 Å². The first-order chi connectivity index (χ1) is 13.3. The Kier molecular flexibility index (Phi) is 4.98. The van der Waals surface area contributed by atoms with Gasteiger partial charge in [-0.25, -0.2) is 0 Å². The molecule has 0 saturated heterocycles. The lowest BCUT2D eigenvalue weighted by molar-refractivity contribution is 0.102. The van der Waals surface area contributed by atoms with Gasteiger partial charge in [-0.2, -0.15) is 0 Å². The summed E-state index contributed by atoms with van der Waals surface area (Å²) in [6.07, 6.45) is 0. The third-order valence-electron chi connectivity index (χ3n) is 3.84. The van der Waals surface area contributed by atoms with Crippen LogP contribution in [0.4, 0.5) is 5.69 Å². The summed E-state index contributed by atoms with van der Waals surface area (Å²) in [6, 6.07) is 22.1. The number of aromatic nitrogens is 1. The Hall–Kier alpha value is -3.38. The first-order valence-electron chi connectivity index (χ1n) is 8.37. The van der Waals surface area contributed by atoms with Crippen LogP contribution in [-0.2, 0) is 6.61 Å². The van der Waals surface area contributed by atoms with Gasteiger partial charge in [0, 0.05) is 23.4 Å². The monoisotopic (exact) mass is 376 g/mol. The van der Waals surface area contributed by atoms with E-state index in [1.54, 1.807) is 29.5 Å². The molecule has 0 bridgehead atoms. The standard InChI is InChI=1S/C21H16N2O3S/c24-21(15-6-2-1-3-7-15)22-16-8-4-9-18(12-16)25-14-17-13-19(26-23-17)20-10-5-11-27-20/h1-13H,14H2,(H,22,24). The normalized spacial score (nSPS) is 10.5. The molecule has 2 aromatic heterocycles. The van der Waals surface area contributed by atoms with Crippen LogP contribution in [0.5, 0.6) is 5.75 Å². The molecule has 2 aromatic carbocycles. The van der Waals surface area contributed by atoms with E-state index in [-0.39, 0.29) is 12.5 Å². The van der Waals surface area contributed by atoms with Crippen LogP contribution >= 0.6 is 11.3 Å². The molecule has 27 heavy (non-hydrogen) atoms. The van der Waals surface area contributed by atoms with E-state index in [2.05, 4.69) is 10.5 Å². The van der Waals surface area contributed by atoms with Crippen molar-refractivity contribution in [3.8, 4) is 16.4 Å². The summed E-state index contributed by atoms with van der Waals surface area (Å²) >= 11 is 1.59. The lowest BCUT2D eigenvalue weighted by atomic mass is 10.2. The van der Waals surface area contributed by atoms with Gasteiger partial charge in [-0.1, -0.05) is 35.5 Å². The number of rotatable bonds is 6. The fraction of sp³-hybridized carbons (Fsp3) is 0.0476. The van der Waals surface area contributed by atoms with Gasteiger partial charge in [0.25, 0.3) is 5.91 Å². The molecule has 0 fully saturated rings. The molecule has 2 heterocycles. The molecular weight excluding hydrogens is 360 g/mol. The van der Waals surface area contributed by atoms with Gasteiger partial charge in [-0.3, -0.25) is 4.79 Å². The fourth-order valence-corrected chi connectivity index (χ4v) is 3.20. The smallest absolute Gasteiger partial charge is 0.255 e. The predicted octanol–water partition coefficient (Wildman–Crippen LogP) is 5.23.